The Balaban J connectivity index is 1.16. The predicted molar refractivity (Wildman–Crippen MR) is 140 cm³/mol. The van der Waals surface area contributed by atoms with E-state index in [1.54, 1.807) is 24.5 Å². The van der Waals surface area contributed by atoms with E-state index < -0.39 is 10.9 Å². The second-order valence-corrected chi connectivity index (χ2v) is 9.04. The molecule has 1 aromatic heterocycles. The normalized spacial score (nSPS) is 14.1. The van der Waals surface area contributed by atoms with Gasteiger partial charge in [0.15, 0.2) is 0 Å². The van der Waals surface area contributed by atoms with Crippen molar-refractivity contribution in [1.29, 1.82) is 0 Å². The molecule has 2 aromatic carbocycles. The average Bonchev–Trinajstić information content (AvgIpc) is 2.90. The van der Waals surface area contributed by atoms with Gasteiger partial charge in [-0.3, -0.25) is 19.4 Å². The molecule has 1 fully saturated rings. The summed E-state index contributed by atoms with van der Waals surface area (Å²) < 4.78 is 0. The van der Waals surface area contributed by atoms with Crippen molar-refractivity contribution >= 4 is 28.7 Å². The fraction of sp³-hybridized carbons (Fsp3) is 0.407. The molecule has 8 heteroatoms. The lowest BCUT2D eigenvalue weighted by molar-refractivity contribution is 0.0686. The number of pyridine rings is 1. The van der Waals surface area contributed by atoms with E-state index in [4.69, 9.17) is 0 Å². The molecule has 0 aliphatic carbocycles. The fourth-order valence-corrected chi connectivity index (χ4v) is 4.60. The number of unbranched alkanes of at least 4 members (excludes halogenated alkanes) is 1. The van der Waals surface area contributed by atoms with Crippen LogP contribution in [0.15, 0.2) is 58.4 Å². The van der Waals surface area contributed by atoms with Gasteiger partial charge < -0.3 is 20.9 Å². The average molecular weight is 476 g/mol. The number of carbonyl (C=O) groups excluding carboxylic acids is 1. The number of nitrogens with one attached hydrogen (secondary N) is 3. The zero-order valence-corrected chi connectivity index (χ0v) is 20.2. The molecular formula is C27H33N5O3. The third-order valence-electron chi connectivity index (χ3n) is 6.59. The number of piperidine rings is 1. The molecule has 0 radical (unpaired) electrons. The van der Waals surface area contributed by atoms with Crippen LogP contribution in [0.25, 0.3) is 0 Å². The Bertz CT molecular complexity index is 1200. The number of amides is 1. The number of benzene rings is 1. The second-order valence-electron chi connectivity index (χ2n) is 9.04. The van der Waals surface area contributed by atoms with E-state index in [1.165, 1.54) is 0 Å². The topological polar surface area (TPSA) is 103 Å². The zero-order valence-electron chi connectivity index (χ0n) is 20.2. The summed E-state index contributed by atoms with van der Waals surface area (Å²) in [6, 6.07) is 11.2. The van der Waals surface area contributed by atoms with E-state index in [-0.39, 0.29) is 5.91 Å². The summed E-state index contributed by atoms with van der Waals surface area (Å²) in [7, 11) is 0. The summed E-state index contributed by atoms with van der Waals surface area (Å²) in [6.07, 6.45) is 8.36. The van der Waals surface area contributed by atoms with Gasteiger partial charge in [-0.2, -0.15) is 0 Å². The Morgan fingerprint density at radius 3 is 2.46 bits per heavy atom. The van der Waals surface area contributed by atoms with Gasteiger partial charge in [0.2, 0.25) is 0 Å². The first kappa shape index (κ1) is 24.4. The van der Waals surface area contributed by atoms with Crippen molar-refractivity contribution in [1.82, 2.24) is 9.88 Å². The molecule has 1 aliphatic heterocycles. The van der Waals surface area contributed by atoms with Crippen LogP contribution in [0.1, 0.15) is 49.4 Å². The Kier molecular flexibility index (Phi) is 8.13. The highest BCUT2D eigenvalue weighted by molar-refractivity contribution is 5.95. The first-order valence-corrected chi connectivity index (χ1v) is 12.4. The number of hydrogen-bond acceptors (Lipinski definition) is 7. The molecule has 35 heavy (non-hydrogen) atoms. The standard InChI is InChI=1S/C27H33N5O3/c1-2-29-22-8-5-7-20(18-22)27(35)32-16-11-19(12-17-32)6-3-4-13-30-23-24(26(34)25(23)33)31-21-9-14-28-15-10-21/h5,7-10,14-15,18-19,29-30H,2-4,6,11-13,16-17H2,1H3,(H,28,31). The van der Waals surface area contributed by atoms with Crippen LogP contribution in [0.5, 0.6) is 0 Å². The number of aromatic nitrogens is 1. The maximum Gasteiger partial charge on any atom is 0.253 e. The lowest BCUT2D eigenvalue weighted by atomic mass is 9.91. The summed E-state index contributed by atoms with van der Waals surface area (Å²) in [5.74, 6) is 0.721. The molecule has 3 N–H and O–H groups in total. The van der Waals surface area contributed by atoms with Crippen molar-refractivity contribution in [2.24, 2.45) is 5.92 Å². The highest BCUT2D eigenvalue weighted by atomic mass is 16.2. The van der Waals surface area contributed by atoms with Crippen molar-refractivity contribution in [3.63, 3.8) is 0 Å². The van der Waals surface area contributed by atoms with Crippen LogP contribution >= 0.6 is 0 Å². The maximum absolute atomic E-state index is 12.9. The van der Waals surface area contributed by atoms with Gasteiger partial charge in [-0.25, -0.2) is 0 Å². The Hall–Kier alpha value is -3.68. The Morgan fingerprint density at radius 1 is 0.971 bits per heavy atom. The lowest BCUT2D eigenvalue weighted by Gasteiger charge is -2.32. The van der Waals surface area contributed by atoms with Crippen molar-refractivity contribution < 1.29 is 4.79 Å². The molecule has 0 unspecified atom stereocenters. The highest BCUT2D eigenvalue weighted by Crippen LogP contribution is 2.25. The SMILES string of the molecule is CCNc1cccc(C(=O)N2CCC(CCCCNc3c(Nc4ccncc4)c(=O)c3=O)CC2)c1. The Labute approximate surface area is 205 Å². The third kappa shape index (κ3) is 6.07. The molecule has 2 heterocycles. The number of nitrogens with zero attached hydrogens (tertiary/aromatic N) is 2. The van der Waals surface area contributed by atoms with Crippen LogP contribution in [0.2, 0.25) is 0 Å². The van der Waals surface area contributed by atoms with Gasteiger partial charge in [0, 0.05) is 55.5 Å². The largest absolute Gasteiger partial charge is 0.385 e. The highest BCUT2D eigenvalue weighted by Gasteiger charge is 2.24. The third-order valence-corrected chi connectivity index (χ3v) is 6.59. The van der Waals surface area contributed by atoms with Gasteiger partial charge >= 0.3 is 0 Å². The maximum atomic E-state index is 12.9. The molecule has 184 valence electrons. The van der Waals surface area contributed by atoms with E-state index in [9.17, 15) is 14.4 Å². The minimum atomic E-state index is -0.487. The van der Waals surface area contributed by atoms with Crippen molar-refractivity contribution in [2.45, 2.75) is 39.0 Å². The molecule has 0 saturated carbocycles. The first-order valence-electron chi connectivity index (χ1n) is 12.4. The lowest BCUT2D eigenvalue weighted by Crippen LogP contribution is -2.38. The smallest absolute Gasteiger partial charge is 0.253 e. The van der Waals surface area contributed by atoms with Crippen LogP contribution in [-0.2, 0) is 0 Å². The predicted octanol–water partition coefficient (Wildman–Crippen LogP) is 3.99. The minimum absolute atomic E-state index is 0.108. The monoisotopic (exact) mass is 475 g/mol. The summed E-state index contributed by atoms with van der Waals surface area (Å²) in [5, 5.41) is 9.40. The molecule has 3 aromatic rings. The van der Waals surface area contributed by atoms with Gasteiger partial charge in [0.1, 0.15) is 11.4 Å². The number of anilines is 4. The van der Waals surface area contributed by atoms with Crippen molar-refractivity contribution in [3.8, 4) is 0 Å². The molecule has 1 amide bonds. The van der Waals surface area contributed by atoms with Crippen LogP contribution in [0.4, 0.5) is 22.7 Å². The summed E-state index contributed by atoms with van der Waals surface area (Å²) in [4.78, 5) is 42.7. The van der Waals surface area contributed by atoms with E-state index in [0.717, 1.165) is 68.7 Å². The molecule has 1 saturated heterocycles. The number of carbonyl (C=O) groups is 1. The van der Waals surface area contributed by atoms with Gasteiger partial charge in [0.25, 0.3) is 16.8 Å². The number of rotatable bonds is 11. The summed E-state index contributed by atoms with van der Waals surface area (Å²) in [5.41, 5.74) is 2.19. The van der Waals surface area contributed by atoms with E-state index >= 15 is 0 Å². The summed E-state index contributed by atoms with van der Waals surface area (Å²) in [6.45, 7) is 5.10. The summed E-state index contributed by atoms with van der Waals surface area (Å²) >= 11 is 0. The first-order chi connectivity index (χ1) is 17.1. The quantitative estimate of drug-likeness (QED) is 0.285. The minimum Gasteiger partial charge on any atom is -0.385 e. The molecule has 0 atom stereocenters. The van der Waals surface area contributed by atoms with E-state index in [2.05, 4.69) is 20.9 Å². The molecule has 4 rings (SSSR count). The van der Waals surface area contributed by atoms with Crippen LogP contribution in [0, 0.1) is 5.92 Å². The van der Waals surface area contributed by atoms with Crippen molar-refractivity contribution in [3.05, 3.63) is 74.8 Å². The molecular weight excluding hydrogens is 442 g/mol. The Morgan fingerprint density at radius 2 is 1.71 bits per heavy atom. The molecule has 8 nitrogen and oxygen atoms in total. The fourth-order valence-electron chi connectivity index (χ4n) is 4.60. The number of hydrogen-bond donors (Lipinski definition) is 3. The van der Waals surface area contributed by atoms with Crippen LogP contribution in [-0.4, -0.2) is 42.0 Å². The number of likely N-dealkylation sites (tertiary alicyclic amines) is 1. The van der Waals surface area contributed by atoms with Crippen molar-refractivity contribution in [2.75, 3.05) is 42.1 Å². The van der Waals surface area contributed by atoms with Gasteiger partial charge in [-0.15, -0.1) is 0 Å². The van der Waals surface area contributed by atoms with E-state index in [0.29, 0.717) is 23.8 Å². The molecule has 0 spiro atoms. The van der Waals surface area contributed by atoms with Crippen LogP contribution < -0.4 is 26.8 Å². The van der Waals surface area contributed by atoms with Gasteiger partial charge in [0.05, 0.1) is 0 Å². The van der Waals surface area contributed by atoms with Crippen LogP contribution in [0.3, 0.4) is 0 Å². The molecule has 0 bridgehead atoms. The van der Waals surface area contributed by atoms with Gasteiger partial charge in [-0.1, -0.05) is 18.9 Å². The second kappa shape index (κ2) is 11.6. The van der Waals surface area contributed by atoms with Gasteiger partial charge in [-0.05, 0) is 62.4 Å². The zero-order chi connectivity index (χ0) is 24.6. The van der Waals surface area contributed by atoms with E-state index in [1.807, 2.05) is 36.1 Å². The molecule has 1 aliphatic rings.